The molecule has 0 amide bonds. The van der Waals surface area contributed by atoms with Crippen molar-refractivity contribution in [3.8, 4) is 17.2 Å². The third-order valence-electron chi connectivity index (χ3n) is 2.35. The Bertz CT molecular complexity index is 482. The molecule has 2 aromatic rings. The predicted octanol–water partition coefficient (Wildman–Crippen LogP) is 2.02. The Labute approximate surface area is 99.0 Å². The van der Waals surface area contributed by atoms with Crippen molar-refractivity contribution in [1.29, 1.82) is 0 Å². The van der Waals surface area contributed by atoms with Crippen LogP contribution in [-0.4, -0.2) is 29.0 Å². The van der Waals surface area contributed by atoms with Crippen molar-refractivity contribution in [2.75, 3.05) is 13.7 Å². The van der Waals surface area contributed by atoms with E-state index in [1.54, 1.807) is 25.3 Å². The molecule has 0 aliphatic heterocycles. The molecule has 0 spiro atoms. The van der Waals surface area contributed by atoms with Crippen LogP contribution in [0.5, 0.6) is 5.75 Å². The molecule has 0 saturated heterocycles. The molecule has 0 bridgehead atoms. The lowest BCUT2D eigenvalue weighted by Crippen LogP contribution is -1.94. The Morgan fingerprint density at radius 2 is 2.18 bits per heavy atom. The molecule has 1 aromatic carbocycles. The van der Waals surface area contributed by atoms with Crippen LogP contribution in [0.15, 0.2) is 28.8 Å². The lowest BCUT2D eigenvalue weighted by molar-refractivity contribution is 0.194. The van der Waals surface area contributed by atoms with Gasteiger partial charge in [0.25, 0.3) is 5.89 Å². The maximum atomic E-state index is 9.64. The quantitative estimate of drug-likeness (QED) is 0.801. The minimum absolute atomic E-state index is 0.139. The maximum Gasteiger partial charge on any atom is 0.261 e. The number of nitrogens with zero attached hydrogens (tertiary/aromatic N) is 2. The van der Waals surface area contributed by atoms with E-state index >= 15 is 0 Å². The third kappa shape index (κ3) is 2.82. The highest BCUT2D eigenvalue weighted by atomic mass is 16.5. The Balaban J connectivity index is 2.10. The second-order valence-electron chi connectivity index (χ2n) is 3.63. The molecular weight excluding hydrogens is 220 g/mol. The first kappa shape index (κ1) is 11.6. The normalized spacial score (nSPS) is 10.6. The topological polar surface area (TPSA) is 68.4 Å². The van der Waals surface area contributed by atoms with Crippen LogP contribution in [0.3, 0.4) is 0 Å². The summed E-state index contributed by atoms with van der Waals surface area (Å²) in [6.45, 7) is 0.667. The molecular formula is C12H14N2O3. The van der Waals surface area contributed by atoms with Crippen molar-refractivity contribution >= 4 is 0 Å². The SMILES string of the molecule is COCCCc1noc(-c2ccccc2O)n1. The van der Waals surface area contributed by atoms with Gasteiger partial charge in [-0.05, 0) is 18.6 Å². The van der Waals surface area contributed by atoms with Crippen molar-refractivity contribution in [3.63, 3.8) is 0 Å². The number of phenolic OH excluding ortho intramolecular Hbond substituents is 1. The number of aryl methyl sites for hydroxylation is 1. The zero-order valence-electron chi connectivity index (χ0n) is 9.59. The van der Waals surface area contributed by atoms with Gasteiger partial charge in [0.05, 0.1) is 5.56 Å². The summed E-state index contributed by atoms with van der Waals surface area (Å²) in [6, 6.07) is 6.88. The molecule has 0 unspecified atom stereocenters. The molecule has 2 rings (SSSR count). The van der Waals surface area contributed by atoms with E-state index in [-0.39, 0.29) is 5.75 Å². The minimum Gasteiger partial charge on any atom is -0.507 e. The Morgan fingerprint density at radius 1 is 1.35 bits per heavy atom. The number of para-hydroxylation sites is 1. The smallest absolute Gasteiger partial charge is 0.261 e. The van der Waals surface area contributed by atoms with Gasteiger partial charge < -0.3 is 14.4 Å². The second-order valence-corrected chi connectivity index (χ2v) is 3.63. The van der Waals surface area contributed by atoms with Crippen molar-refractivity contribution in [3.05, 3.63) is 30.1 Å². The second kappa shape index (κ2) is 5.45. The molecule has 0 aliphatic carbocycles. The van der Waals surface area contributed by atoms with Gasteiger partial charge in [-0.3, -0.25) is 0 Å². The van der Waals surface area contributed by atoms with Gasteiger partial charge in [0, 0.05) is 20.1 Å². The van der Waals surface area contributed by atoms with Gasteiger partial charge in [0.2, 0.25) is 0 Å². The van der Waals surface area contributed by atoms with Gasteiger partial charge in [0.1, 0.15) is 5.75 Å². The maximum absolute atomic E-state index is 9.64. The molecule has 5 heteroatoms. The molecule has 1 aromatic heterocycles. The van der Waals surface area contributed by atoms with Gasteiger partial charge in [-0.25, -0.2) is 0 Å². The van der Waals surface area contributed by atoms with E-state index in [1.165, 1.54) is 0 Å². The van der Waals surface area contributed by atoms with Crippen LogP contribution in [0.4, 0.5) is 0 Å². The summed E-state index contributed by atoms with van der Waals surface area (Å²) >= 11 is 0. The largest absolute Gasteiger partial charge is 0.507 e. The van der Waals surface area contributed by atoms with Gasteiger partial charge in [-0.1, -0.05) is 17.3 Å². The first-order chi connectivity index (χ1) is 8.31. The summed E-state index contributed by atoms with van der Waals surface area (Å²) < 4.78 is 10.0. The lowest BCUT2D eigenvalue weighted by Gasteiger charge is -1.96. The summed E-state index contributed by atoms with van der Waals surface area (Å²) in [5.74, 6) is 1.11. The number of rotatable bonds is 5. The standard InChI is InChI=1S/C12H14N2O3/c1-16-8-4-7-11-13-12(17-14-11)9-5-2-3-6-10(9)15/h2-3,5-6,15H,4,7-8H2,1H3. The molecule has 0 aliphatic rings. The van der Waals surface area contributed by atoms with E-state index in [2.05, 4.69) is 10.1 Å². The number of hydrogen-bond donors (Lipinski definition) is 1. The van der Waals surface area contributed by atoms with Crippen LogP contribution in [0.2, 0.25) is 0 Å². The number of aromatic nitrogens is 2. The van der Waals surface area contributed by atoms with Gasteiger partial charge >= 0.3 is 0 Å². The van der Waals surface area contributed by atoms with E-state index in [9.17, 15) is 5.11 Å². The summed E-state index contributed by atoms with van der Waals surface area (Å²) in [5, 5.41) is 13.5. The van der Waals surface area contributed by atoms with Crippen molar-refractivity contribution in [1.82, 2.24) is 10.1 Å². The Morgan fingerprint density at radius 3 is 2.94 bits per heavy atom. The molecule has 1 N–H and O–H groups in total. The average molecular weight is 234 g/mol. The number of methoxy groups -OCH3 is 1. The predicted molar refractivity (Wildman–Crippen MR) is 61.6 cm³/mol. The summed E-state index contributed by atoms with van der Waals surface area (Å²) in [5.41, 5.74) is 0.554. The Hall–Kier alpha value is -1.88. The van der Waals surface area contributed by atoms with Crippen LogP contribution < -0.4 is 0 Å². The molecule has 5 nitrogen and oxygen atoms in total. The fourth-order valence-corrected chi connectivity index (χ4v) is 1.49. The highest BCUT2D eigenvalue weighted by Crippen LogP contribution is 2.26. The van der Waals surface area contributed by atoms with Crippen molar-refractivity contribution < 1.29 is 14.4 Å². The number of phenols is 1. The van der Waals surface area contributed by atoms with Crippen molar-refractivity contribution in [2.24, 2.45) is 0 Å². The summed E-state index contributed by atoms with van der Waals surface area (Å²) in [7, 11) is 1.66. The highest BCUT2D eigenvalue weighted by Gasteiger charge is 2.11. The zero-order valence-corrected chi connectivity index (χ0v) is 9.59. The molecule has 17 heavy (non-hydrogen) atoms. The third-order valence-corrected chi connectivity index (χ3v) is 2.35. The molecule has 90 valence electrons. The molecule has 1 heterocycles. The number of hydrogen-bond acceptors (Lipinski definition) is 5. The monoisotopic (exact) mass is 234 g/mol. The fraction of sp³-hybridized carbons (Fsp3) is 0.333. The van der Waals surface area contributed by atoms with E-state index in [0.717, 1.165) is 6.42 Å². The van der Waals surface area contributed by atoms with Crippen LogP contribution in [-0.2, 0) is 11.2 Å². The average Bonchev–Trinajstić information content (AvgIpc) is 2.79. The highest BCUT2D eigenvalue weighted by molar-refractivity contribution is 5.61. The zero-order chi connectivity index (χ0) is 12.1. The van der Waals surface area contributed by atoms with E-state index < -0.39 is 0 Å². The summed E-state index contributed by atoms with van der Waals surface area (Å²) in [6.07, 6.45) is 1.54. The first-order valence-corrected chi connectivity index (χ1v) is 5.41. The molecule has 0 radical (unpaired) electrons. The van der Waals surface area contributed by atoms with Crippen LogP contribution in [0.1, 0.15) is 12.2 Å². The van der Waals surface area contributed by atoms with Gasteiger partial charge in [-0.15, -0.1) is 0 Å². The molecule has 0 saturated carbocycles. The van der Waals surface area contributed by atoms with Crippen molar-refractivity contribution in [2.45, 2.75) is 12.8 Å². The number of benzene rings is 1. The van der Waals surface area contributed by atoms with E-state index in [0.29, 0.717) is 30.3 Å². The van der Waals surface area contributed by atoms with E-state index in [4.69, 9.17) is 9.26 Å². The number of aromatic hydroxyl groups is 1. The van der Waals surface area contributed by atoms with Gasteiger partial charge in [-0.2, -0.15) is 4.98 Å². The number of ether oxygens (including phenoxy) is 1. The van der Waals surface area contributed by atoms with Crippen LogP contribution in [0.25, 0.3) is 11.5 Å². The summed E-state index contributed by atoms with van der Waals surface area (Å²) in [4.78, 5) is 4.22. The first-order valence-electron chi connectivity index (χ1n) is 5.41. The molecule has 0 atom stereocenters. The van der Waals surface area contributed by atoms with E-state index in [1.807, 2.05) is 6.07 Å². The van der Waals surface area contributed by atoms with Crippen LogP contribution >= 0.6 is 0 Å². The fourth-order valence-electron chi connectivity index (χ4n) is 1.49. The Kier molecular flexibility index (Phi) is 3.72. The minimum atomic E-state index is 0.139. The molecule has 0 fully saturated rings. The lowest BCUT2D eigenvalue weighted by atomic mass is 10.2. The van der Waals surface area contributed by atoms with Gasteiger partial charge in [0.15, 0.2) is 5.82 Å². The van der Waals surface area contributed by atoms with Crippen LogP contribution in [0, 0.1) is 0 Å².